The molecular formula is C12H17BrN2O3S. The highest BCUT2D eigenvalue weighted by atomic mass is 79.9. The van der Waals surface area contributed by atoms with Gasteiger partial charge >= 0.3 is 0 Å². The maximum atomic E-state index is 12.4. The first-order valence-corrected chi connectivity index (χ1v) is 8.29. The van der Waals surface area contributed by atoms with Crippen molar-refractivity contribution in [1.29, 1.82) is 0 Å². The Bertz CT molecular complexity index is 574. The predicted molar refractivity (Wildman–Crippen MR) is 77.1 cm³/mol. The first-order valence-electron chi connectivity index (χ1n) is 6.05. The monoisotopic (exact) mass is 348 g/mol. The molecule has 2 atom stereocenters. The molecule has 0 radical (unpaired) electrons. The van der Waals surface area contributed by atoms with Gasteiger partial charge in [0.15, 0.2) is 0 Å². The van der Waals surface area contributed by atoms with Gasteiger partial charge in [0.1, 0.15) is 0 Å². The number of rotatable bonds is 3. The summed E-state index contributed by atoms with van der Waals surface area (Å²) in [5.41, 5.74) is 6.12. The highest BCUT2D eigenvalue weighted by Crippen LogP contribution is 2.29. The van der Waals surface area contributed by atoms with E-state index in [1.807, 2.05) is 0 Å². The van der Waals surface area contributed by atoms with Crippen molar-refractivity contribution < 1.29 is 13.5 Å². The normalized spacial score (nSPS) is 22.6. The number of nitrogens with two attached hydrogens (primary N) is 1. The summed E-state index contributed by atoms with van der Waals surface area (Å²) in [6, 6.07) is 4.62. The van der Waals surface area contributed by atoms with E-state index in [-0.39, 0.29) is 10.8 Å². The molecule has 1 heterocycles. The molecule has 106 valence electrons. The fraction of sp³-hybridized carbons (Fsp3) is 0.500. The predicted octanol–water partition coefficient (Wildman–Crippen LogP) is 1.42. The Balaban J connectivity index is 2.26. The summed E-state index contributed by atoms with van der Waals surface area (Å²) in [5.74, 6) is 0.00238. The van der Waals surface area contributed by atoms with Crippen LogP contribution in [0.15, 0.2) is 27.6 Å². The second kappa shape index (κ2) is 5.40. The van der Waals surface area contributed by atoms with Crippen LogP contribution in [0.4, 0.5) is 5.69 Å². The second-order valence-electron chi connectivity index (χ2n) is 4.84. The van der Waals surface area contributed by atoms with Crippen molar-refractivity contribution >= 4 is 31.6 Å². The molecule has 1 aliphatic heterocycles. The molecule has 1 fully saturated rings. The Labute approximate surface area is 121 Å². The first-order chi connectivity index (χ1) is 8.82. The largest absolute Gasteiger partial charge is 0.398 e. The zero-order valence-electron chi connectivity index (χ0n) is 10.6. The Morgan fingerprint density at radius 3 is 2.74 bits per heavy atom. The van der Waals surface area contributed by atoms with Gasteiger partial charge in [0, 0.05) is 23.2 Å². The van der Waals surface area contributed by atoms with Gasteiger partial charge in [-0.05, 0) is 53.4 Å². The average molecular weight is 349 g/mol. The number of hydrogen-bond donors (Lipinski definition) is 2. The molecule has 0 spiro atoms. The van der Waals surface area contributed by atoms with Crippen molar-refractivity contribution in [1.82, 2.24) is 4.31 Å². The number of aliphatic hydroxyl groups is 1. The van der Waals surface area contributed by atoms with E-state index in [1.54, 1.807) is 13.0 Å². The lowest BCUT2D eigenvalue weighted by Crippen LogP contribution is -2.30. The van der Waals surface area contributed by atoms with Crippen LogP contribution in [-0.2, 0) is 10.0 Å². The lowest BCUT2D eigenvalue weighted by molar-refractivity contribution is 0.133. The smallest absolute Gasteiger partial charge is 0.243 e. The van der Waals surface area contributed by atoms with E-state index >= 15 is 0 Å². The van der Waals surface area contributed by atoms with Gasteiger partial charge in [-0.2, -0.15) is 4.31 Å². The minimum atomic E-state index is -3.52. The van der Waals surface area contributed by atoms with E-state index in [0.29, 0.717) is 29.7 Å². The van der Waals surface area contributed by atoms with Gasteiger partial charge in [-0.15, -0.1) is 0 Å². The van der Waals surface area contributed by atoms with Crippen LogP contribution in [0.3, 0.4) is 0 Å². The van der Waals surface area contributed by atoms with Gasteiger partial charge in [-0.25, -0.2) is 8.42 Å². The van der Waals surface area contributed by atoms with Gasteiger partial charge < -0.3 is 10.8 Å². The van der Waals surface area contributed by atoms with Crippen LogP contribution in [-0.4, -0.2) is 37.0 Å². The van der Waals surface area contributed by atoms with Gasteiger partial charge in [-0.1, -0.05) is 0 Å². The maximum Gasteiger partial charge on any atom is 0.243 e. The molecule has 2 rings (SSSR count). The summed E-state index contributed by atoms with van der Waals surface area (Å²) in [5, 5.41) is 9.54. The van der Waals surface area contributed by atoms with E-state index < -0.39 is 16.1 Å². The second-order valence-corrected chi connectivity index (χ2v) is 7.63. The number of aliphatic hydroxyl groups excluding tert-OH is 1. The molecule has 0 amide bonds. The molecular weight excluding hydrogens is 332 g/mol. The molecule has 0 aliphatic carbocycles. The molecule has 0 aromatic heterocycles. The summed E-state index contributed by atoms with van der Waals surface area (Å²) in [6.45, 7) is 2.49. The quantitative estimate of drug-likeness (QED) is 0.809. The molecule has 1 saturated heterocycles. The van der Waals surface area contributed by atoms with Gasteiger partial charge in [0.25, 0.3) is 0 Å². The van der Waals surface area contributed by atoms with Gasteiger partial charge in [0.2, 0.25) is 10.0 Å². The third kappa shape index (κ3) is 2.94. The molecule has 0 saturated carbocycles. The molecule has 3 N–H and O–H groups in total. The highest BCUT2D eigenvalue weighted by Gasteiger charge is 2.34. The van der Waals surface area contributed by atoms with Crippen molar-refractivity contribution in [2.75, 3.05) is 18.8 Å². The summed E-state index contributed by atoms with van der Waals surface area (Å²) in [6.07, 6.45) is 0.193. The first kappa shape index (κ1) is 14.8. The fourth-order valence-corrected chi connectivity index (χ4v) is 3.99. The Morgan fingerprint density at radius 1 is 1.53 bits per heavy atom. The molecule has 0 bridgehead atoms. The van der Waals surface area contributed by atoms with E-state index in [1.165, 1.54) is 16.4 Å². The molecule has 2 unspecified atom stereocenters. The van der Waals surface area contributed by atoms with Crippen molar-refractivity contribution in [3.05, 3.63) is 22.7 Å². The van der Waals surface area contributed by atoms with Crippen molar-refractivity contribution in [3.8, 4) is 0 Å². The van der Waals surface area contributed by atoms with E-state index in [2.05, 4.69) is 15.9 Å². The van der Waals surface area contributed by atoms with Crippen LogP contribution in [0.2, 0.25) is 0 Å². The van der Waals surface area contributed by atoms with E-state index in [9.17, 15) is 13.5 Å². The standard InChI is InChI=1S/C12H17BrN2O3S/c1-8(16)9-4-5-15(7-9)19(17,18)10-2-3-11(13)12(14)6-10/h2-3,6,8-9,16H,4-5,7,14H2,1H3. The minimum absolute atomic E-state index is 0.00238. The van der Waals surface area contributed by atoms with Crippen LogP contribution in [0, 0.1) is 5.92 Å². The Kier molecular flexibility index (Phi) is 4.20. The summed E-state index contributed by atoms with van der Waals surface area (Å²) in [7, 11) is -3.52. The number of anilines is 1. The number of benzene rings is 1. The molecule has 1 aromatic carbocycles. The average Bonchev–Trinajstić information content (AvgIpc) is 2.82. The Morgan fingerprint density at radius 2 is 2.21 bits per heavy atom. The minimum Gasteiger partial charge on any atom is -0.398 e. The van der Waals surface area contributed by atoms with Crippen molar-refractivity contribution in [2.24, 2.45) is 5.92 Å². The maximum absolute atomic E-state index is 12.4. The van der Waals surface area contributed by atoms with E-state index in [4.69, 9.17) is 5.73 Å². The van der Waals surface area contributed by atoms with E-state index in [0.717, 1.165) is 0 Å². The third-order valence-corrected chi connectivity index (χ3v) is 6.06. The SMILES string of the molecule is CC(O)C1CCN(S(=O)(=O)c2ccc(Br)c(N)c2)C1. The van der Waals surface area contributed by atoms with Crippen LogP contribution in [0.5, 0.6) is 0 Å². The number of sulfonamides is 1. The zero-order valence-corrected chi connectivity index (χ0v) is 13.0. The lowest BCUT2D eigenvalue weighted by Gasteiger charge is -2.18. The lowest BCUT2D eigenvalue weighted by atomic mass is 10.0. The third-order valence-electron chi connectivity index (χ3n) is 3.47. The fourth-order valence-electron chi connectivity index (χ4n) is 2.20. The number of halogens is 1. The van der Waals surface area contributed by atoms with Crippen LogP contribution in [0.1, 0.15) is 13.3 Å². The zero-order chi connectivity index (χ0) is 14.2. The van der Waals surface area contributed by atoms with Crippen molar-refractivity contribution in [2.45, 2.75) is 24.3 Å². The van der Waals surface area contributed by atoms with Crippen LogP contribution in [0.25, 0.3) is 0 Å². The highest BCUT2D eigenvalue weighted by molar-refractivity contribution is 9.10. The molecule has 1 aromatic rings. The van der Waals surface area contributed by atoms with Crippen LogP contribution < -0.4 is 5.73 Å². The van der Waals surface area contributed by atoms with Crippen LogP contribution >= 0.6 is 15.9 Å². The molecule has 7 heteroatoms. The summed E-state index contributed by atoms with van der Waals surface area (Å²) >= 11 is 3.24. The molecule has 1 aliphatic rings. The number of nitrogen functional groups attached to an aromatic ring is 1. The number of nitrogens with zero attached hydrogens (tertiary/aromatic N) is 1. The van der Waals surface area contributed by atoms with Gasteiger partial charge in [0.05, 0.1) is 11.0 Å². The molecule has 5 nitrogen and oxygen atoms in total. The topological polar surface area (TPSA) is 83.6 Å². The van der Waals surface area contributed by atoms with Crippen molar-refractivity contribution in [3.63, 3.8) is 0 Å². The molecule has 19 heavy (non-hydrogen) atoms. The summed E-state index contributed by atoms with van der Waals surface area (Å²) in [4.78, 5) is 0.194. The Hall–Kier alpha value is -0.630. The summed E-state index contributed by atoms with van der Waals surface area (Å²) < 4.78 is 27.0. The number of hydrogen-bond acceptors (Lipinski definition) is 4. The van der Waals surface area contributed by atoms with Gasteiger partial charge in [-0.3, -0.25) is 0 Å².